The molecule has 1 aliphatic carbocycles. The van der Waals surface area contributed by atoms with E-state index in [9.17, 15) is 0 Å². The number of benzene rings is 1. The zero-order chi connectivity index (χ0) is 12.3. The number of ether oxygens (including phenoxy) is 2. The molecular weight excluding hydrogens is 214 g/mol. The van der Waals surface area contributed by atoms with E-state index in [-0.39, 0.29) is 0 Å². The van der Waals surface area contributed by atoms with Gasteiger partial charge in [0.1, 0.15) is 0 Å². The second kappa shape index (κ2) is 5.41. The van der Waals surface area contributed by atoms with Crippen molar-refractivity contribution in [2.45, 2.75) is 32.4 Å². The lowest BCUT2D eigenvalue weighted by molar-refractivity contribution is 0.354. The molecule has 1 aromatic carbocycles. The Hall–Kier alpha value is -1.22. The van der Waals surface area contributed by atoms with Gasteiger partial charge < -0.3 is 14.8 Å². The first-order chi connectivity index (χ1) is 8.24. The molecule has 1 aliphatic rings. The van der Waals surface area contributed by atoms with Crippen LogP contribution in [0.25, 0.3) is 0 Å². The third kappa shape index (κ3) is 3.13. The Morgan fingerprint density at radius 2 is 1.94 bits per heavy atom. The SMILES string of the molecule is COc1ccc(CNC(C)C2CC2)cc1OC. The zero-order valence-electron chi connectivity index (χ0n) is 10.8. The molecule has 0 aromatic heterocycles. The minimum atomic E-state index is 0.614. The first-order valence-corrected chi connectivity index (χ1v) is 6.19. The van der Waals surface area contributed by atoms with Crippen LogP contribution in [0.5, 0.6) is 11.5 Å². The van der Waals surface area contributed by atoms with E-state index >= 15 is 0 Å². The van der Waals surface area contributed by atoms with Gasteiger partial charge in [0.2, 0.25) is 0 Å². The van der Waals surface area contributed by atoms with E-state index in [4.69, 9.17) is 9.47 Å². The molecule has 0 radical (unpaired) electrons. The van der Waals surface area contributed by atoms with Gasteiger partial charge in [-0.15, -0.1) is 0 Å². The van der Waals surface area contributed by atoms with E-state index in [2.05, 4.69) is 18.3 Å². The molecule has 0 aliphatic heterocycles. The van der Waals surface area contributed by atoms with Crippen molar-refractivity contribution in [1.29, 1.82) is 0 Å². The van der Waals surface area contributed by atoms with Crippen LogP contribution in [-0.2, 0) is 6.54 Å². The van der Waals surface area contributed by atoms with E-state index in [1.807, 2.05) is 12.1 Å². The normalized spacial score (nSPS) is 16.6. The predicted octanol–water partition coefficient (Wildman–Crippen LogP) is 2.59. The van der Waals surface area contributed by atoms with E-state index in [1.54, 1.807) is 14.2 Å². The minimum Gasteiger partial charge on any atom is -0.493 e. The highest BCUT2D eigenvalue weighted by Crippen LogP contribution is 2.32. The van der Waals surface area contributed by atoms with Gasteiger partial charge >= 0.3 is 0 Å². The molecule has 94 valence electrons. The lowest BCUT2D eigenvalue weighted by Gasteiger charge is -2.14. The Morgan fingerprint density at radius 1 is 1.24 bits per heavy atom. The maximum Gasteiger partial charge on any atom is 0.161 e. The number of hydrogen-bond donors (Lipinski definition) is 1. The lowest BCUT2D eigenvalue weighted by atomic mass is 10.1. The molecule has 2 rings (SSSR count). The average molecular weight is 235 g/mol. The second-order valence-electron chi connectivity index (χ2n) is 4.70. The molecular formula is C14H21NO2. The zero-order valence-corrected chi connectivity index (χ0v) is 10.8. The summed E-state index contributed by atoms with van der Waals surface area (Å²) in [5, 5.41) is 3.55. The van der Waals surface area contributed by atoms with Gasteiger partial charge in [-0.25, -0.2) is 0 Å². The van der Waals surface area contributed by atoms with Crippen molar-refractivity contribution < 1.29 is 9.47 Å². The van der Waals surface area contributed by atoms with Crippen LogP contribution >= 0.6 is 0 Å². The third-order valence-electron chi connectivity index (χ3n) is 3.41. The Bertz CT molecular complexity index is 374. The van der Waals surface area contributed by atoms with Crippen molar-refractivity contribution in [2.24, 2.45) is 5.92 Å². The summed E-state index contributed by atoms with van der Waals surface area (Å²) in [5.74, 6) is 2.47. The molecule has 0 spiro atoms. The monoisotopic (exact) mass is 235 g/mol. The Balaban J connectivity index is 1.95. The first-order valence-electron chi connectivity index (χ1n) is 6.19. The van der Waals surface area contributed by atoms with Crippen molar-refractivity contribution in [3.05, 3.63) is 23.8 Å². The summed E-state index contributed by atoms with van der Waals surface area (Å²) < 4.78 is 10.5. The first kappa shape index (κ1) is 12.2. The van der Waals surface area contributed by atoms with Crippen LogP contribution in [-0.4, -0.2) is 20.3 Å². The summed E-state index contributed by atoms with van der Waals surface area (Å²) in [6.07, 6.45) is 2.75. The van der Waals surface area contributed by atoms with Crippen LogP contribution in [0.2, 0.25) is 0 Å². The molecule has 1 N–H and O–H groups in total. The summed E-state index contributed by atoms with van der Waals surface area (Å²) in [4.78, 5) is 0. The molecule has 0 heterocycles. The third-order valence-corrected chi connectivity index (χ3v) is 3.41. The van der Waals surface area contributed by atoms with Gasteiger partial charge in [-0.3, -0.25) is 0 Å². The fourth-order valence-electron chi connectivity index (χ4n) is 2.03. The highest BCUT2D eigenvalue weighted by atomic mass is 16.5. The summed E-state index contributed by atoms with van der Waals surface area (Å²) >= 11 is 0. The van der Waals surface area contributed by atoms with Crippen molar-refractivity contribution in [3.8, 4) is 11.5 Å². The van der Waals surface area contributed by atoms with Crippen LogP contribution in [0.15, 0.2) is 18.2 Å². The van der Waals surface area contributed by atoms with Crippen LogP contribution in [0, 0.1) is 5.92 Å². The van der Waals surface area contributed by atoms with Crippen molar-refractivity contribution in [1.82, 2.24) is 5.32 Å². The molecule has 0 amide bonds. The van der Waals surface area contributed by atoms with E-state index in [1.165, 1.54) is 18.4 Å². The van der Waals surface area contributed by atoms with Crippen molar-refractivity contribution >= 4 is 0 Å². The average Bonchev–Trinajstić information content (AvgIpc) is 3.19. The molecule has 0 bridgehead atoms. The van der Waals surface area contributed by atoms with Crippen LogP contribution in [0.3, 0.4) is 0 Å². The van der Waals surface area contributed by atoms with Crippen LogP contribution < -0.4 is 14.8 Å². The van der Waals surface area contributed by atoms with Crippen LogP contribution in [0.1, 0.15) is 25.3 Å². The highest BCUT2D eigenvalue weighted by Gasteiger charge is 2.27. The quantitative estimate of drug-likeness (QED) is 0.822. The predicted molar refractivity (Wildman–Crippen MR) is 68.6 cm³/mol. The van der Waals surface area contributed by atoms with E-state index < -0.39 is 0 Å². The standard InChI is InChI=1S/C14H21NO2/c1-10(12-5-6-12)15-9-11-4-7-13(16-2)14(8-11)17-3/h4,7-8,10,12,15H,5-6,9H2,1-3H3. The molecule has 1 atom stereocenters. The van der Waals surface area contributed by atoms with Crippen LogP contribution in [0.4, 0.5) is 0 Å². The van der Waals surface area contributed by atoms with Gasteiger partial charge in [0, 0.05) is 12.6 Å². The summed E-state index contributed by atoms with van der Waals surface area (Å²) in [5.41, 5.74) is 1.23. The van der Waals surface area contributed by atoms with Gasteiger partial charge in [0.25, 0.3) is 0 Å². The van der Waals surface area contributed by atoms with Gasteiger partial charge in [-0.1, -0.05) is 6.07 Å². The number of nitrogens with one attached hydrogen (secondary N) is 1. The topological polar surface area (TPSA) is 30.5 Å². The Labute approximate surface area is 103 Å². The minimum absolute atomic E-state index is 0.614. The molecule has 0 saturated heterocycles. The largest absolute Gasteiger partial charge is 0.493 e. The van der Waals surface area contributed by atoms with Gasteiger partial charge in [-0.05, 0) is 43.4 Å². The summed E-state index contributed by atoms with van der Waals surface area (Å²) in [6, 6.07) is 6.68. The molecule has 17 heavy (non-hydrogen) atoms. The van der Waals surface area contributed by atoms with Crippen molar-refractivity contribution in [3.63, 3.8) is 0 Å². The summed E-state index contributed by atoms with van der Waals surface area (Å²) in [7, 11) is 3.33. The smallest absolute Gasteiger partial charge is 0.161 e. The fraction of sp³-hybridized carbons (Fsp3) is 0.571. The second-order valence-corrected chi connectivity index (χ2v) is 4.70. The molecule has 3 nitrogen and oxygen atoms in total. The molecule has 1 saturated carbocycles. The van der Waals surface area contributed by atoms with Crippen molar-refractivity contribution in [2.75, 3.05) is 14.2 Å². The van der Waals surface area contributed by atoms with Gasteiger partial charge in [0.05, 0.1) is 14.2 Å². The molecule has 1 unspecified atom stereocenters. The Morgan fingerprint density at radius 3 is 2.53 bits per heavy atom. The fourth-order valence-corrected chi connectivity index (χ4v) is 2.03. The number of rotatable bonds is 6. The number of hydrogen-bond acceptors (Lipinski definition) is 3. The maximum absolute atomic E-state index is 5.29. The molecule has 1 aromatic rings. The molecule has 1 fully saturated rings. The van der Waals surface area contributed by atoms with Gasteiger partial charge in [-0.2, -0.15) is 0 Å². The Kier molecular flexibility index (Phi) is 3.89. The number of methoxy groups -OCH3 is 2. The lowest BCUT2D eigenvalue weighted by Crippen LogP contribution is -2.27. The maximum atomic E-state index is 5.29. The van der Waals surface area contributed by atoms with E-state index in [0.717, 1.165) is 24.0 Å². The van der Waals surface area contributed by atoms with Gasteiger partial charge in [0.15, 0.2) is 11.5 Å². The molecule has 3 heteroatoms. The van der Waals surface area contributed by atoms with E-state index in [0.29, 0.717) is 6.04 Å². The summed E-state index contributed by atoms with van der Waals surface area (Å²) in [6.45, 7) is 3.15. The highest BCUT2D eigenvalue weighted by molar-refractivity contribution is 5.42.